The number of rotatable bonds is 6. The Morgan fingerprint density at radius 3 is 2.73 bits per heavy atom. The number of aromatic amines is 1. The van der Waals surface area contributed by atoms with Crippen molar-refractivity contribution in [3.05, 3.63) is 26.6 Å². The topological polar surface area (TPSA) is 87.3 Å². The average Bonchev–Trinajstić information content (AvgIpc) is 3.10. The molecule has 0 spiro atoms. The van der Waals surface area contributed by atoms with Crippen molar-refractivity contribution >= 4 is 39.2 Å². The Morgan fingerprint density at radius 2 is 2.03 bits per heavy atom. The predicted molar refractivity (Wildman–Crippen MR) is 123 cm³/mol. The molecule has 7 nitrogen and oxygen atoms in total. The quantitative estimate of drug-likeness (QED) is 0.704. The zero-order valence-electron chi connectivity index (χ0n) is 17.7. The van der Waals surface area contributed by atoms with Crippen molar-refractivity contribution in [3.8, 4) is 0 Å². The molecule has 0 radical (unpaired) electrons. The number of H-pyrrole nitrogens is 1. The van der Waals surface area contributed by atoms with E-state index in [1.54, 1.807) is 11.8 Å². The first-order chi connectivity index (χ1) is 14.5. The van der Waals surface area contributed by atoms with Gasteiger partial charge in [-0.2, -0.15) is 11.8 Å². The van der Waals surface area contributed by atoms with E-state index in [0.29, 0.717) is 33.2 Å². The fourth-order valence-corrected chi connectivity index (χ4v) is 6.31. The molecule has 0 aromatic carbocycles. The van der Waals surface area contributed by atoms with Crippen LogP contribution >= 0.6 is 23.1 Å². The van der Waals surface area contributed by atoms with Gasteiger partial charge >= 0.3 is 0 Å². The molecule has 9 heteroatoms. The third-order valence-electron chi connectivity index (χ3n) is 6.38. The van der Waals surface area contributed by atoms with Crippen molar-refractivity contribution in [1.29, 1.82) is 0 Å². The minimum atomic E-state index is -0.158. The van der Waals surface area contributed by atoms with Crippen molar-refractivity contribution in [1.82, 2.24) is 20.2 Å². The molecule has 4 rings (SSSR count). The summed E-state index contributed by atoms with van der Waals surface area (Å²) in [4.78, 5) is 36.9. The summed E-state index contributed by atoms with van der Waals surface area (Å²) in [5, 5.41) is 3.75. The van der Waals surface area contributed by atoms with Gasteiger partial charge in [0.2, 0.25) is 0 Å². The molecule has 0 atom stereocenters. The maximum Gasteiger partial charge on any atom is 0.261 e. The highest BCUT2D eigenvalue weighted by Crippen LogP contribution is 2.34. The molecular weight excluding hydrogens is 420 g/mol. The third kappa shape index (κ3) is 4.30. The SMILES string of the molecule is CSCc1nc2sc(C(=O)NCC3(N4CCOCC4)CCCCC3)c(C)c2c(=O)[nH]1. The number of thiophene rings is 1. The molecule has 0 unspecified atom stereocenters. The molecule has 1 saturated heterocycles. The molecule has 1 aliphatic heterocycles. The van der Waals surface area contributed by atoms with Crippen molar-refractivity contribution in [2.45, 2.75) is 50.3 Å². The normalized spacial score (nSPS) is 19.8. The molecule has 0 bridgehead atoms. The molecular formula is C21H30N4O3S2. The van der Waals surface area contributed by atoms with Gasteiger partial charge in [0.15, 0.2) is 0 Å². The van der Waals surface area contributed by atoms with Gasteiger partial charge in [-0.25, -0.2) is 4.98 Å². The number of amides is 1. The molecule has 2 aliphatic rings. The molecule has 2 N–H and O–H groups in total. The summed E-state index contributed by atoms with van der Waals surface area (Å²) in [5.41, 5.74) is 0.582. The Labute approximate surface area is 185 Å². The molecule has 164 valence electrons. The van der Waals surface area contributed by atoms with Crippen LogP contribution < -0.4 is 10.9 Å². The standard InChI is InChI=1S/C21H30N4O3S2/c1-14-16-18(26)23-15(12-29-2)24-20(16)30-17(14)19(27)22-13-21(6-4-3-5-7-21)25-8-10-28-11-9-25/h3-13H2,1-2H3,(H,22,27)(H,23,24,26). The van der Waals surface area contributed by atoms with Crippen LogP contribution in [0.4, 0.5) is 0 Å². The number of hydrogen-bond donors (Lipinski definition) is 2. The van der Waals surface area contributed by atoms with Gasteiger partial charge in [0.1, 0.15) is 10.7 Å². The number of nitrogens with one attached hydrogen (secondary N) is 2. The number of carbonyl (C=O) groups excluding carboxylic acids is 1. The highest BCUT2D eigenvalue weighted by molar-refractivity contribution is 7.97. The smallest absolute Gasteiger partial charge is 0.261 e. The Morgan fingerprint density at radius 1 is 1.30 bits per heavy atom. The lowest BCUT2D eigenvalue weighted by Crippen LogP contribution is -2.59. The minimum Gasteiger partial charge on any atom is -0.379 e. The Bertz CT molecular complexity index is 959. The number of aromatic nitrogens is 2. The number of ether oxygens (including phenoxy) is 1. The largest absolute Gasteiger partial charge is 0.379 e. The number of nitrogens with zero attached hydrogens (tertiary/aromatic N) is 2. The van der Waals surface area contributed by atoms with Gasteiger partial charge < -0.3 is 15.0 Å². The van der Waals surface area contributed by atoms with Crippen molar-refractivity contribution in [3.63, 3.8) is 0 Å². The maximum atomic E-state index is 13.1. The fourth-order valence-electron chi connectivity index (χ4n) is 4.79. The monoisotopic (exact) mass is 450 g/mol. The minimum absolute atomic E-state index is 0.0174. The van der Waals surface area contributed by atoms with E-state index in [-0.39, 0.29) is 17.0 Å². The van der Waals surface area contributed by atoms with Crippen LogP contribution in [0, 0.1) is 6.92 Å². The second-order valence-corrected chi connectivity index (χ2v) is 10.1. The average molecular weight is 451 g/mol. The lowest BCUT2D eigenvalue weighted by atomic mass is 9.79. The van der Waals surface area contributed by atoms with Gasteiger partial charge in [-0.1, -0.05) is 19.3 Å². The molecule has 1 saturated carbocycles. The molecule has 30 heavy (non-hydrogen) atoms. The second kappa shape index (κ2) is 9.38. The zero-order chi connectivity index (χ0) is 21.1. The Balaban J connectivity index is 1.55. The first-order valence-corrected chi connectivity index (χ1v) is 12.9. The van der Waals surface area contributed by atoms with E-state index in [4.69, 9.17) is 4.74 Å². The van der Waals surface area contributed by atoms with Crippen molar-refractivity contribution in [2.75, 3.05) is 39.1 Å². The first-order valence-electron chi connectivity index (χ1n) is 10.7. The highest BCUT2D eigenvalue weighted by Gasteiger charge is 2.39. The molecule has 2 fully saturated rings. The number of hydrogen-bond acceptors (Lipinski definition) is 7. The fraction of sp³-hybridized carbons (Fsp3) is 0.667. The summed E-state index contributed by atoms with van der Waals surface area (Å²) < 4.78 is 5.55. The molecule has 1 amide bonds. The summed E-state index contributed by atoms with van der Waals surface area (Å²) in [6.45, 7) is 5.86. The van der Waals surface area contributed by atoms with Crippen LogP contribution in [0.2, 0.25) is 0 Å². The van der Waals surface area contributed by atoms with E-state index in [1.807, 2.05) is 13.2 Å². The van der Waals surface area contributed by atoms with E-state index in [0.717, 1.165) is 44.7 Å². The number of carbonyl (C=O) groups is 1. The van der Waals surface area contributed by atoms with Crippen LogP contribution in [0.1, 0.15) is 53.2 Å². The van der Waals surface area contributed by atoms with E-state index in [2.05, 4.69) is 20.2 Å². The van der Waals surface area contributed by atoms with Crippen LogP contribution in [0.3, 0.4) is 0 Å². The maximum absolute atomic E-state index is 13.1. The second-order valence-electron chi connectivity index (χ2n) is 8.25. The van der Waals surface area contributed by atoms with Gasteiger partial charge in [0.25, 0.3) is 11.5 Å². The van der Waals surface area contributed by atoms with E-state index < -0.39 is 0 Å². The number of aryl methyl sites for hydroxylation is 1. The van der Waals surface area contributed by atoms with Gasteiger partial charge in [-0.05, 0) is 31.6 Å². The van der Waals surface area contributed by atoms with E-state index >= 15 is 0 Å². The van der Waals surface area contributed by atoms with Crippen LogP contribution in [0.25, 0.3) is 10.2 Å². The van der Waals surface area contributed by atoms with Gasteiger partial charge in [0, 0.05) is 25.2 Å². The molecule has 2 aromatic heterocycles. The lowest BCUT2D eigenvalue weighted by Gasteiger charge is -2.48. The van der Waals surface area contributed by atoms with Gasteiger partial charge in [-0.15, -0.1) is 11.3 Å². The first kappa shape index (κ1) is 21.8. The lowest BCUT2D eigenvalue weighted by molar-refractivity contribution is -0.0361. The van der Waals surface area contributed by atoms with Crippen LogP contribution in [0.15, 0.2) is 4.79 Å². The summed E-state index contributed by atoms with van der Waals surface area (Å²) in [6.07, 6.45) is 7.86. The van der Waals surface area contributed by atoms with E-state index in [1.165, 1.54) is 30.6 Å². The van der Waals surface area contributed by atoms with Crippen molar-refractivity contribution < 1.29 is 9.53 Å². The molecule has 1 aliphatic carbocycles. The summed E-state index contributed by atoms with van der Waals surface area (Å²) in [7, 11) is 0. The number of morpholine rings is 1. The van der Waals surface area contributed by atoms with Gasteiger partial charge in [-0.3, -0.25) is 14.5 Å². The van der Waals surface area contributed by atoms with Crippen LogP contribution in [-0.2, 0) is 10.5 Å². The summed E-state index contributed by atoms with van der Waals surface area (Å²) >= 11 is 2.93. The molecule has 2 aromatic rings. The van der Waals surface area contributed by atoms with Gasteiger partial charge in [0.05, 0.1) is 29.2 Å². The zero-order valence-corrected chi connectivity index (χ0v) is 19.3. The van der Waals surface area contributed by atoms with Crippen LogP contribution in [-0.4, -0.2) is 65.4 Å². The Kier molecular flexibility index (Phi) is 6.81. The van der Waals surface area contributed by atoms with Crippen molar-refractivity contribution in [2.24, 2.45) is 0 Å². The summed E-state index contributed by atoms with van der Waals surface area (Å²) in [6, 6.07) is 0. The summed E-state index contributed by atoms with van der Waals surface area (Å²) in [5.74, 6) is 1.20. The van der Waals surface area contributed by atoms with E-state index in [9.17, 15) is 9.59 Å². The number of fused-ring (bicyclic) bond motifs is 1. The predicted octanol–water partition coefficient (Wildman–Crippen LogP) is 2.92. The number of thioether (sulfide) groups is 1. The third-order valence-corrected chi connectivity index (χ3v) is 8.13. The highest BCUT2D eigenvalue weighted by atomic mass is 32.2. The molecule has 3 heterocycles. The van der Waals surface area contributed by atoms with Crippen LogP contribution in [0.5, 0.6) is 0 Å². The Hall–Kier alpha value is -1.42.